The molecule has 0 saturated carbocycles. The first kappa shape index (κ1) is 17.9. The van der Waals surface area contributed by atoms with Crippen molar-refractivity contribution in [1.29, 1.82) is 0 Å². The molecule has 138 valence electrons. The van der Waals surface area contributed by atoms with E-state index in [1.807, 2.05) is 48.5 Å². The Bertz CT molecular complexity index is 942. The second-order valence-corrected chi connectivity index (χ2v) is 7.43. The van der Waals surface area contributed by atoms with E-state index in [9.17, 15) is 0 Å². The number of para-hydroxylation sites is 1. The van der Waals surface area contributed by atoms with Gasteiger partial charge >= 0.3 is 0 Å². The van der Waals surface area contributed by atoms with Crippen molar-refractivity contribution in [3.8, 4) is 0 Å². The quantitative estimate of drug-likeness (QED) is 0.645. The van der Waals surface area contributed by atoms with Crippen LogP contribution in [0.15, 0.2) is 54.9 Å². The van der Waals surface area contributed by atoms with Gasteiger partial charge in [-0.3, -0.25) is 0 Å². The van der Waals surface area contributed by atoms with Gasteiger partial charge in [-0.1, -0.05) is 29.8 Å². The predicted octanol–water partition coefficient (Wildman–Crippen LogP) is 4.24. The van der Waals surface area contributed by atoms with Gasteiger partial charge < -0.3 is 15.5 Å². The number of aromatic nitrogens is 2. The van der Waals surface area contributed by atoms with Crippen LogP contribution in [-0.4, -0.2) is 34.2 Å². The Kier molecular flexibility index (Phi) is 5.36. The molecule has 1 aromatic heterocycles. The Labute approximate surface area is 168 Å². The summed E-state index contributed by atoms with van der Waals surface area (Å²) in [5, 5.41) is 9.06. The molecule has 1 aliphatic rings. The number of halogens is 1. The Morgan fingerprint density at radius 1 is 1.07 bits per heavy atom. The number of nitrogens with one attached hydrogen (secondary N) is 2. The smallest absolute Gasteiger partial charge is 0.170 e. The van der Waals surface area contributed by atoms with Crippen molar-refractivity contribution in [3.05, 3.63) is 59.9 Å². The van der Waals surface area contributed by atoms with Gasteiger partial charge in [0.2, 0.25) is 0 Å². The molecule has 1 fully saturated rings. The number of anilines is 2. The highest BCUT2D eigenvalue weighted by atomic mass is 35.5. The summed E-state index contributed by atoms with van der Waals surface area (Å²) in [5.41, 5.74) is 1.87. The highest BCUT2D eigenvalue weighted by Crippen LogP contribution is 2.27. The molecule has 0 spiro atoms. The number of rotatable bonds is 3. The van der Waals surface area contributed by atoms with Crippen molar-refractivity contribution in [2.75, 3.05) is 23.3 Å². The standard InChI is InChI=1S/C20H20ClN5S/c21-14-6-7-17-18(12-14)22-13-23-19(17)26-10-8-16(9-11-26)25-20(27)24-15-4-2-1-3-5-15/h1-7,12-13,16H,8-11H2,(H2,24,25,27). The van der Waals surface area contributed by atoms with Gasteiger partial charge in [-0.25, -0.2) is 9.97 Å². The van der Waals surface area contributed by atoms with E-state index in [-0.39, 0.29) is 0 Å². The van der Waals surface area contributed by atoms with Gasteiger partial charge in [-0.05, 0) is 55.4 Å². The second kappa shape index (κ2) is 8.06. The first-order valence-corrected chi connectivity index (χ1v) is 9.75. The number of nitrogens with zero attached hydrogens (tertiary/aromatic N) is 3. The van der Waals surface area contributed by atoms with Crippen molar-refractivity contribution in [2.45, 2.75) is 18.9 Å². The molecule has 3 aromatic rings. The molecule has 0 radical (unpaired) electrons. The fraction of sp³-hybridized carbons (Fsp3) is 0.250. The van der Waals surface area contributed by atoms with Crippen molar-refractivity contribution in [2.24, 2.45) is 0 Å². The Hall–Kier alpha value is -2.44. The van der Waals surface area contributed by atoms with Gasteiger partial charge in [0.15, 0.2) is 5.11 Å². The zero-order valence-electron chi connectivity index (χ0n) is 14.7. The van der Waals surface area contributed by atoms with Crippen molar-refractivity contribution in [1.82, 2.24) is 15.3 Å². The lowest BCUT2D eigenvalue weighted by molar-refractivity contribution is 0.466. The van der Waals surface area contributed by atoms with E-state index in [1.54, 1.807) is 6.33 Å². The summed E-state index contributed by atoms with van der Waals surface area (Å²) in [6.07, 6.45) is 3.60. The molecule has 0 amide bonds. The first-order valence-electron chi connectivity index (χ1n) is 8.97. The van der Waals surface area contributed by atoms with Crippen molar-refractivity contribution < 1.29 is 0 Å². The number of benzene rings is 2. The van der Waals surface area contributed by atoms with Gasteiger partial charge in [0.1, 0.15) is 12.1 Å². The summed E-state index contributed by atoms with van der Waals surface area (Å²) in [6.45, 7) is 1.83. The normalized spacial score (nSPS) is 14.9. The van der Waals surface area contributed by atoms with Crippen LogP contribution in [0, 0.1) is 0 Å². The van der Waals surface area contributed by atoms with Gasteiger partial charge in [-0.15, -0.1) is 0 Å². The van der Waals surface area contributed by atoms with Crippen LogP contribution in [0.3, 0.4) is 0 Å². The molecular weight excluding hydrogens is 378 g/mol. The van der Waals surface area contributed by atoms with Gasteiger partial charge in [0.05, 0.1) is 5.52 Å². The average Bonchev–Trinajstić information content (AvgIpc) is 2.68. The molecule has 7 heteroatoms. The minimum atomic E-state index is 0.354. The van der Waals surface area contributed by atoms with Gasteiger partial charge in [0.25, 0.3) is 0 Å². The third-order valence-electron chi connectivity index (χ3n) is 4.74. The molecule has 0 unspecified atom stereocenters. The summed E-state index contributed by atoms with van der Waals surface area (Å²) in [4.78, 5) is 11.2. The molecule has 4 rings (SSSR count). The SMILES string of the molecule is S=C(Nc1ccccc1)NC1CCN(c2ncnc3cc(Cl)ccc23)CC1. The number of thiocarbonyl (C=S) groups is 1. The summed E-state index contributed by atoms with van der Waals surface area (Å²) in [5.74, 6) is 0.972. The molecule has 27 heavy (non-hydrogen) atoms. The zero-order chi connectivity index (χ0) is 18.6. The summed E-state index contributed by atoms with van der Waals surface area (Å²) >= 11 is 11.5. The first-order chi connectivity index (χ1) is 13.2. The van der Waals surface area contributed by atoms with E-state index in [0.717, 1.165) is 48.3 Å². The summed E-state index contributed by atoms with van der Waals surface area (Å²) in [7, 11) is 0. The maximum absolute atomic E-state index is 6.08. The number of piperidine rings is 1. The molecule has 2 heterocycles. The van der Waals surface area contributed by atoms with E-state index < -0.39 is 0 Å². The summed E-state index contributed by atoms with van der Waals surface area (Å²) < 4.78 is 0. The molecule has 2 N–H and O–H groups in total. The molecule has 1 aliphatic heterocycles. The molecule has 0 atom stereocenters. The van der Waals surface area contributed by atoms with Crippen molar-refractivity contribution in [3.63, 3.8) is 0 Å². The Morgan fingerprint density at radius 2 is 1.85 bits per heavy atom. The summed E-state index contributed by atoms with van der Waals surface area (Å²) in [6, 6.07) is 16.1. The molecule has 2 aromatic carbocycles. The average molecular weight is 398 g/mol. The molecule has 0 aliphatic carbocycles. The van der Waals surface area contributed by atoms with Crippen LogP contribution in [0.25, 0.3) is 10.9 Å². The lowest BCUT2D eigenvalue weighted by Gasteiger charge is -2.34. The van der Waals surface area contributed by atoms with E-state index in [0.29, 0.717) is 16.2 Å². The van der Waals surface area contributed by atoms with E-state index in [1.165, 1.54) is 0 Å². The highest BCUT2D eigenvalue weighted by Gasteiger charge is 2.22. The van der Waals surface area contributed by atoms with Crippen LogP contribution in [0.1, 0.15) is 12.8 Å². The molecule has 0 bridgehead atoms. The largest absolute Gasteiger partial charge is 0.360 e. The second-order valence-electron chi connectivity index (χ2n) is 6.58. The van der Waals surface area contributed by atoms with Crippen LogP contribution >= 0.6 is 23.8 Å². The van der Waals surface area contributed by atoms with Gasteiger partial charge in [0, 0.05) is 35.2 Å². The van der Waals surface area contributed by atoms with E-state index in [2.05, 4.69) is 25.5 Å². The molecule has 1 saturated heterocycles. The fourth-order valence-electron chi connectivity index (χ4n) is 3.38. The number of fused-ring (bicyclic) bond motifs is 1. The minimum Gasteiger partial charge on any atom is -0.360 e. The lowest BCUT2D eigenvalue weighted by atomic mass is 10.0. The van der Waals surface area contributed by atoms with Crippen molar-refractivity contribution >= 4 is 51.3 Å². The predicted molar refractivity (Wildman–Crippen MR) is 116 cm³/mol. The number of hydrogen-bond acceptors (Lipinski definition) is 4. The Balaban J connectivity index is 1.37. The highest BCUT2D eigenvalue weighted by molar-refractivity contribution is 7.80. The third-order valence-corrected chi connectivity index (χ3v) is 5.19. The van der Waals surface area contributed by atoms with Crippen LogP contribution in [0.4, 0.5) is 11.5 Å². The van der Waals surface area contributed by atoms with Crippen LogP contribution in [-0.2, 0) is 0 Å². The van der Waals surface area contributed by atoms with Crippen LogP contribution in [0.2, 0.25) is 5.02 Å². The zero-order valence-corrected chi connectivity index (χ0v) is 16.3. The van der Waals surface area contributed by atoms with E-state index >= 15 is 0 Å². The Morgan fingerprint density at radius 3 is 2.63 bits per heavy atom. The molecule has 5 nitrogen and oxygen atoms in total. The maximum atomic E-state index is 6.08. The van der Waals surface area contributed by atoms with E-state index in [4.69, 9.17) is 23.8 Å². The van der Waals surface area contributed by atoms with Gasteiger partial charge in [-0.2, -0.15) is 0 Å². The maximum Gasteiger partial charge on any atom is 0.170 e. The minimum absolute atomic E-state index is 0.354. The fourth-order valence-corrected chi connectivity index (χ4v) is 3.83. The van der Waals surface area contributed by atoms with Crippen LogP contribution < -0.4 is 15.5 Å². The number of hydrogen-bond donors (Lipinski definition) is 2. The lowest BCUT2D eigenvalue weighted by Crippen LogP contribution is -2.46. The monoisotopic (exact) mass is 397 g/mol. The topological polar surface area (TPSA) is 53.1 Å². The van der Waals surface area contributed by atoms with Crippen LogP contribution in [0.5, 0.6) is 0 Å². The molecular formula is C20H20ClN5S. The third kappa shape index (κ3) is 4.28.